The standard InChI is InChI=1S/C22H24F3N.CH4O3S/c1-14-5-3-6-15(11-14)12-21-18-10-9-17-16(19(18)13-26(21)2)7-4-8-20(17)22(23,24)25;1-5(2,3)4/h3-8,11,18-19,21H,9-10,12-13H2,1-2H3;1H3,(H,2,3,4). The van der Waals surface area contributed by atoms with E-state index in [4.69, 9.17) is 4.55 Å². The van der Waals surface area contributed by atoms with Gasteiger partial charge in [0.2, 0.25) is 0 Å². The summed E-state index contributed by atoms with van der Waals surface area (Å²) in [5.41, 5.74) is 3.60. The number of hydrogen-bond donors (Lipinski definition) is 1. The van der Waals surface area contributed by atoms with Crippen molar-refractivity contribution in [3.63, 3.8) is 0 Å². The Morgan fingerprint density at radius 3 is 2.42 bits per heavy atom. The lowest BCUT2D eigenvalue weighted by atomic mass is 9.72. The number of fused-ring (bicyclic) bond motifs is 3. The van der Waals surface area contributed by atoms with E-state index in [2.05, 4.69) is 43.1 Å². The molecule has 0 bridgehead atoms. The average Bonchev–Trinajstić information content (AvgIpc) is 2.95. The minimum atomic E-state index is -4.26. The Hall–Kier alpha value is -1.90. The van der Waals surface area contributed by atoms with E-state index in [1.54, 1.807) is 6.07 Å². The SMILES string of the molecule is CS(=O)(=O)O.Cc1cccc(CC2C3CCc4c(cccc4C(F)(F)F)C3CN2C)c1. The van der Waals surface area contributed by atoms with Gasteiger partial charge in [-0.1, -0.05) is 42.0 Å². The fourth-order valence-corrected chi connectivity index (χ4v) is 5.09. The highest BCUT2D eigenvalue weighted by atomic mass is 32.2. The molecule has 3 atom stereocenters. The fraction of sp³-hybridized carbons (Fsp3) is 0.478. The maximum Gasteiger partial charge on any atom is 0.416 e. The van der Waals surface area contributed by atoms with Crippen LogP contribution in [-0.4, -0.2) is 43.8 Å². The molecule has 4 nitrogen and oxygen atoms in total. The van der Waals surface area contributed by atoms with Gasteiger partial charge in [-0.25, -0.2) is 0 Å². The van der Waals surface area contributed by atoms with E-state index in [9.17, 15) is 21.6 Å². The van der Waals surface area contributed by atoms with Gasteiger partial charge < -0.3 is 4.90 Å². The molecule has 2 aromatic rings. The maximum absolute atomic E-state index is 13.4. The highest BCUT2D eigenvalue weighted by Gasteiger charge is 2.45. The van der Waals surface area contributed by atoms with Gasteiger partial charge in [-0.15, -0.1) is 0 Å². The third kappa shape index (κ3) is 5.87. The van der Waals surface area contributed by atoms with E-state index in [0.29, 0.717) is 30.2 Å². The molecular formula is C23H28F3NO3S. The van der Waals surface area contributed by atoms with Crippen LogP contribution in [0.3, 0.4) is 0 Å². The van der Waals surface area contributed by atoms with Gasteiger partial charge in [-0.05, 0) is 61.9 Å². The lowest BCUT2D eigenvalue weighted by Crippen LogP contribution is -2.33. The number of rotatable bonds is 2. The van der Waals surface area contributed by atoms with E-state index in [1.165, 1.54) is 17.2 Å². The molecule has 1 aliphatic carbocycles. The highest BCUT2D eigenvalue weighted by Crippen LogP contribution is 2.48. The van der Waals surface area contributed by atoms with Crippen molar-refractivity contribution >= 4 is 10.1 Å². The molecule has 0 radical (unpaired) electrons. The Kier molecular flexibility index (Phi) is 6.84. The summed E-state index contributed by atoms with van der Waals surface area (Å²) in [7, 11) is -1.55. The fourth-order valence-electron chi connectivity index (χ4n) is 5.09. The average molecular weight is 456 g/mol. The van der Waals surface area contributed by atoms with Crippen molar-refractivity contribution in [1.82, 2.24) is 4.90 Å². The Morgan fingerprint density at radius 1 is 1.16 bits per heavy atom. The first kappa shape index (κ1) is 23.8. The minimum Gasteiger partial charge on any atom is -0.302 e. The molecule has 31 heavy (non-hydrogen) atoms. The van der Waals surface area contributed by atoms with Crippen LogP contribution in [0.1, 0.15) is 40.2 Å². The van der Waals surface area contributed by atoms with Crippen LogP contribution in [0.2, 0.25) is 0 Å². The van der Waals surface area contributed by atoms with E-state index in [0.717, 1.165) is 24.9 Å². The first-order valence-electron chi connectivity index (χ1n) is 10.2. The zero-order valence-electron chi connectivity index (χ0n) is 17.9. The number of benzene rings is 2. The van der Waals surface area contributed by atoms with Gasteiger partial charge in [0.15, 0.2) is 0 Å². The number of nitrogens with zero attached hydrogens (tertiary/aromatic N) is 1. The normalized spacial score (nSPS) is 23.5. The summed E-state index contributed by atoms with van der Waals surface area (Å²) in [6.07, 6.45) is -1.21. The molecular weight excluding hydrogens is 427 g/mol. The second kappa shape index (κ2) is 8.92. The number of alkyl halides is 3. The Balaban J connectivity index is 0.000000491. The molecule has 0 saturated carbocycles. The molecule has 2 aliphatic rings. The monoisotopic (exact) mass is 455 g/mol. The summed E-state index contributed by atoms with van der Waals surface area (Å²) in [5.74, 6) is 0.636. The topological polar surface area (TPSA) is 57.6 Å². The van der Waals surface area contributed by atoms with Crippen molar-refractivity contribution in [3.8, 4) is 0 Å². The molecule has 1 fully saturated rings. The summed E-state index contributed by atoms with van der Waals surface area (Å²) in [6, 6.07) is 13.7. The predicted molar refractivity (Wildman–Crippen MR) is 115 cm³/mol. The van der Waals surface area contributed by atoms with Gasteiger partial charge in [-0.3, -0.25) is 4.55 Å². The van der Waals surface area contributed by atoms with Gasteiger partial charge in [0.1, 0.15) is 0 Å². The lowest BCUT2D eigenvalue weighted by Gasteiger charge is -2.33. The minimum absolute atomic E-state index is 0.209. The Labute approximate surface area is 181 Å². The molecule has 0 spiro atoms. The second-order valence-corrected chi connectivity index (χ2v) is 10.1. The summed E-state index contributed by atoms with van der Waals surface area (Å²) >= 11 is 0. The molecule has 4 rings (SSSR count). The maximum atomic E-state index is 13.4. The van der Waals surface area contributed by atoms with Gasteiger partial charge in [0.05, 0.1) is 11.8 Å². The lowest BCUT2D eigenvalue weighted by molar-refractivity contribution is -0.138. The molecule has 1 N–H and O–H groups in total. The van der Waals surface area contributed by atoms with Crippen LogP contribution in [0.25, 0.3) is 0 Å². The molecule has 1 heterocycles. The van der Waals surface area contributed by atoms with Crippen LogP contribution in [0.4, 0.5) is 13.2 Å². The van der Waals surface area contributed by atoms with Crippen molar-refractivity contribution in [1.29, 1.82) is 0 Å². The second-order valence-electron chi connectivity index (χ2n) is 8.61. The Bertz CT molecular complexity index is 1030. The van der Waals surface area contributed by atoms with E-state index >= 15 is 0 Å². The van der Waals surface area contributed by atoms with Crippen molar-refractivity contribution in [2.45, 2.75) is 44.3 Å². The molecule has 2 aromatic carbocycles. The van der Waals surface area contributed by atoms with Crippen LogP contribution in [-0.2, 0) is 29.1 Å². The summed E-state index contributed by atoms with van der Waals surface area (Å²) in [4.78, 5) is 2.35. The zero-order valence-corrected chi connectivity index (χ0v) is 18.7. The van der Waals surface area contributed by atoms with Crippen molar-refractivity contribution in [2.75, 3.05) is 19.8 Å². The smallest absolute Gasteiger partial charge is 0.302 e. The van der Waals surface area contributed by atoms with Crippen LogP contribution in [0, 0.1) is 12.8 Å². The van der Waals surface area contributed by atoms with E-state index in [1.807, 2.05) is 6.07 Å². The number of hydrogen-bond acceptors (Lipinski definition) is 3. The highest BCUT2D eigenvalue weighted by molar-refractivity contribution is 7.85. The van der Waals surface area contributed by atoms with Crippen molar-refractivity contribution < 1.29 is 26.1 Å². The Morgan fingerprint density at radius 2 is 1.81 bits per heavy atom. The van der Waals surface area contributed by atoms with Gasteiger partial charge in [0, 0.05) is 18.5 Å². The van der Waals surface area contributed by atoms with Crippen LogP contribution in [0.5, 0.6) is 0 Å². The zero-order chi connectivity index (χ0) is 23.0. The van der Waals surface area contributed by atoms with E-state index in [-0.39, 0.29) is 5.92 Å². The van der Waals surface area contributed by atoms with Gasteiger partial charge >= 0.3 is 6.18 Å². The molecule has 0 aromatic heterocycles. The third-order valence-corrected chi connectivity index (χ3v) is 6.23. The first-order chi connectivity index (χ1) is 14.3. The number of likely N-dealkylation sites (tertiary alicyclic amines) is 1. The summed E-state index contributed by atoms with van der Waals surface area (Å²) in [5, 5.41) is 0. The molecule has 1 saturated heterocycles. The number of likely N-dealkylation sites (N-methyl/N-ethyl adjacent to an activating group) is 1. The third-order valence-electron chi connectivity index (χ3n) is 6.23. The molecule has 170 valence electrons. The summed E-state index contributed by atoms with van der Waals surface area (Å²) in [6.45, 7) is 2.94. The molecule has 0 amide bonds. The molecule has 8 heteroatoms. The van der Waals surface area contributed by atoms with Crippen molar-refractivity contribution in [2.24, 2.45) is 5.92 Å². The van der Waals surface area contributed by atoms with Crippen LogP contribution < -0.4 is 0 Å². The molecule has 3 unspecified atom stereocenters. The van der Waals surface area contributed by atoms with Crippen molar-refractivity contribution in [3.05, 3.63) is 70.3 Å². The predicted octanol–water partition coefficient (Wildman–Crippen LogP) is 4.72. The van der Waals surface area contributed by atoms with E-state index < -0.39 is 21.9 Å². The molecule has 1 aliphatic heterocycles. The quantitative estimate of drug-likeness (QED) is 0.666. The first-order valence-corrected chi connectivity index (χ1v) is 12.1. The van der Waals surface area contributed by atoms with Gasteiger partial charge in [0.25, 0.3) is 10.1 Å². The van der Waals surface area contributed by atoms with Crippen LogP contribution in [0.15, 0.2) is 42.5 Å². The number of halogens is 3. The van der Waals surface area contributed by atoms with Crippen LogP contribution >= 0.6 is 0 Å². The van der Waals surface area contributed by atoms with Gasteiger partial charge in [-0.2, -0.15) is 21.6 Å². The number of aryl methyl sites for hydroxylation is 1. The summed E-state index contributed by atoms with van der Waals surface area (Å²) < 4.78 is 66.0. The largest absolute Gasteiger partial charge is 0.416 e.